The Morgan fingerprint density at radius 1 is 1.00 bits per heavy atom. The van der Waals surface area contributed by atoms with Crippen LogP contribution >= 0.6 is 0 Å². The van der Waals surface area contributed by atoms with Crippen molar-refractivity contribution in [1.29, 1.82) is 0 Å². The maximum atomic E-state index is 10.8. The molecule has 1 aliphatic heterocycles. The summed E-state index contributed by atoms with van der Waals surface area (Å²) in [7, 11) is 0. The monoisotopic (exact) mass is 357 g/mol. The summed E-state index contributed by atoms with van der Waals surface area (Å²) in [6.45, 7) is 1.41. The number of ether oxygens (including phenoxy) is 1. The van der Waals surface area contributed by atoms with Crippen molar-refractivity contribution in [1.82, 2.24) is 5.32 Å². The van der Waals surface area contributed by atoms with Crippen molar-refractivity contribution in [3.05, 3.63) is 60.2 Å². The van der Waals surface area contributed by atoms with E-state index in [2.05, 4.69) is 5.32 Å². The number of aliphatic hydroxyl groups excluding tert-OH is 1. The molecule has 1 heterocycles. The van der Waals surface area contributed by atoms with Crippen LogP contribution in [0, 0.1) is 0 Å². The molecule has 1 aliphatic rings. The minimum atomic E-state index is -1.07. The molecule has 0 amide bonds. The SMILES string of the molecule is Oc1ccc(OC(Cc2ccccc2)CC(O)C2(O)CCNCC2)cc1. The quantitative estimate of drug-likeness (QED) is 0.611. The van der Waals surface area contributed by atoms with E-state index in [0.29, 0.717) is 44.5 Å². The fourth-order valence-corrected chi connectivity index (χ4v) is 3.43. The van der Waals surface area contributed by atoms with Gasteiger partial charge in [-0.05, 0) is 55.8 Å². The molecule has 4 N–H and O–H groups in total. The molecule has 2 unspecified atom stereocenters. The minimum Gasteiger partial charge on any atom is -0.508 e. The van der Waals surface area contributed by atoms with E-state index in [4.69, 9.17) is 4.74 Å². The molecule has 2 atom stereocenters. The van der Waals surface area contributed by atoms with Crippen LogP contribution in [0.4, 0.5) is 0 Å². The van der Waals surface area contributed by atoms with Crippen molar-refractivity contribution < 1.29 is 20.1 Å². The molecule has 2 aromatic carbocycles. The summed E-state index contributed by atoms with van der Waals surface area (Å²) in [5, 5.41) is 34.1. The number of piperidine rings is 1. The Hall–Kier alpha value is -2.08. The van der Waals surface area contributed by atoms with E-state index in [0.717, 1.165) is 5.56 Å². The first kappa shape index (κ1) is 18.7. The summed E-state index contributed by atoms with van der Waals surface area (Å²) in [5.41, 5.74) is 0.0409. The lowest BCUT2D eigenvalue weighted by molar-refractivity contribution is -0.105. The average Bonchev–Trinajstić information content (AvgIpc) is 2.65. The second kappa shape index (κ2) is 8.54. The Balaban J connectivity index is 1.72. The molecule has 0 bridgehead atoms. The van der Waals surface area contributed by atoms with E-state index in [1.807, 2.05) is 30.3 Å². The zero-order chi connectivity index (χ0) is 18.4. The van der Waals surface area contributed by atoms with Gasteiger partial charge in [-0.15, -0.1) is 0 Å². The molecule has 140 valence electrons. The molecule has 5 nitrogen and oxygen atoms in total. The highest BCUT2D eigenvalue weighted by Gasteiger charge is 2.38. The van der Waals surface area contributed by atoms with Crippen LogP contribution in [0.3, 0.4) is 0 Å². The van der Waals surface area contributed by atoms with Gasteiger partial charge in [0.2, 0.25) is 0 Å². The molecule has 26 heavy (non-hydrogen) atoms. The predicted octanol–water partition coefficient (Wildman–Crippen LogP) is 2.25. The summed E-state index contributed by atoms with van der Waals surface area (Å²) in [6, 6.07) is 16.5. The van der Waals surface area contributed by atoms with Gasteiger partial charge in [0.15, 0.2) is 0 Å². The van der Waals surface area contributed by atoms with Gasteiger partial charge < -0.3 is 25.4 Å². The fourth-order valence-electron chi connectivity index (χ4n) is 3.43. The Kier molecular flexibility index (Phi) is 6.14. The molecule has 0 aromatic heterocycles. The van der Waals surface area contributed by atoms with E-state index in [9.17, 15) is 15.3 Å². The lowest BCUT2D eigenvalue weighted by atomic mass is 9.83. The molecular weight excluding hydrogens is 330 g/mol. The second-order valence-electron chi connectivity index (χ2n) is 7.03. The topological polar surface area (TPSA) is 82.0 Å². The normalized spacial score (nSPS) is 18.8. The van der Waals surface area contributed by atoms with E-state index in [-0.39, 0.29) is 11.9 Å². The smallest absolute Gasteiger partial charge is 0.120 e. The molecule has 2 aromatic rings. The maximum absolute atomic E-state index is 10.8. The van der Waals surface area contributed by atoms with Crippen LogP contribution in [0.2, 0.25) is 0 Å². The van der Waals surface area contributed by atoms with Crippen LogP contribution in [-0.2, 0) is 6.42 Å². The molecule has 5 heteroatoms. The van der Waals surface area contributed by atoms with Gasteiger partial charge in [0.05, 0.1) is 11.7 Å². The second-order valence-corrected chi connectivity index (χ2v) is 7.03. The molecule has 0 aliphatic carbocycles. The number of hydrogen-bond acceptors (Lipinski definition) is 5. The van der Waals surface area contributed by atoms with E-state index < -0.39 is 11.7 Å². The number of aliphatic hydroxyl groups is 2. The van der Waals surface area contributed by atoms with Crippen LogP contribution in [0.5, 0.6) is 11.5 Å². The van der Waals surface area contributed by atoms with E-state index >= 15 is 0 Å². The largest absolute Gasteiger partial charge is 0.508 e. The van der Waals surface area contributed by atoms with Gasteiger partial charge in [0.1, 0.15) is 17.6 Å². The molecule has 1 fully saturated rings. The van der Waals surface area contributed by atoms with Crippen molar-refractivity contribution in [2.24, 2.45) is 0 Å². The number of benzene rings is 2. The lowest BCUT2D eigenvalue weighted by Crippen LogP contribution is -2.51. The predicted molar refractivity (Wildman–Crippen MR) is 100 cm³/mol. The zero-order valence-electron chi connectivity index (χ0n) is 14.8. The summed E-state index contributed by atoms with van der Waals surface area (Å²) in [5.74, 6) is 0.814. The Bertz CT molecular complexity index is 668. The summed E-state index contributed by atoms with van der Waals surface area (Å²) in [6.07, 6.45) is 0.905. The van der Waals surface area contributed by atoms with Gasteiger partial charge in [-0.25, -0.2) is 0 Å². The average molecular weight is 357 g/mol. The number of hydrogen-bond donors (Lipinski definition) is 4. The highest BCUT2D eigenvalue weighted by atomic mass is 16.5. The summed E-state index contributed by atoms with van der Waals surface area (Å²) < 4.78 is 6.08. The van der Waals surface area contributed by atoms with Gasteiger partial charge in [-0.1, -0.05) is 30.3 Å². The van der Waals surface area contributed by atoms with Crippen molar-refractivity contribution in [3.8, 4) is 11.5 Å². The third kappa shape index (κ3) is 4.97. The van der Waals surface area contributed by atoms with Crippen LogP contribution in [0.15, 0.2) is 54.6 Å². The van der Waals surface area contributed by atoms with Gasteiger partial charge >= 0.3 is 0 Å². The van der Waals surface area contributed by atoms with Crippen molar-refractivity contribution in [2.45, 2.75) is 43.5 Å². The zero-order valence-corrected chi connectivity index (χ0v) is 14.8. The van der Waals surface area contributed by atoms with Gasteiger partial charge in [-0.3, -0.25) is 0 Å². The standard InChI is InChI=1S/C21H27NO4/c23-17-6-8-18(9-7-17)26-19(14-16-4-2-1-3-5-16)15-20(24)21(25)10-12-22-13-11-21/h1-9,19-20,22-25H,10-15H2. The highest BCUT2D eigenvalue weighted by Crippen LogP contribution is 2.28. The van der Waals surface area contributed by atoms with Crippen LogP contribution in [-0.4, -0.2) is 46.2 Å². The van der Waals surface area contributed by atoms with Crippen LogP contribution < -0.4 is 10.1 Å². The van der Waals surface area contributed by atoms with Crippen LogP contribution in [0.1, 0.15) is 24.8 Å². The molecule has 0 saturated carbocycles. The fraction of sp³-hybridized carbons (Fsp3) is 0.429. The first-order chi connectivity index (χ1) is 12.5. The number of phenols is 1. The Morgan fingerprint density at radius 2 is 1.65 bits per heavy atom. The number of nitrogens with one attached hydrogen (secondary N) is 1. The van der Waals surface area contributed by atoms with Gasteiger partial charge in [-0.2, -0.15) is 0 Å². The lowest BCUT2D eigenvalue weighted by Gasteiger charge is -2.38. The minimum absolute atomic E-state index is 0.181. The maximum Gasteiger partial charge on any atom is 0.120 e. The van der Waals surface area contributed by atoms with E-state index in [1.54, 1.807) is 24.3 Å². The highest BCUT2D eigenvalue weighted by molar-refractivity contribution is 5.30. The summed E-state index contributed by atoms with van der Waals surface area (Å²) in [4.78, 5) is 0. The number of aromatic hydroxyl groups is 1. The third-order valence-corrected chi connectivity index (χ3v) is 5.02. The number of rotatable bonds is 7. The number of phenolic OH excluding ortho intramolecular Hbond substituents is 1. The Morgan fingerprint density at radius 3 is 2.31 bits per heavy atom. The van der Waals surface area contributed by atoms with Crippen LogP contribution in [0.25, 0.3) is 0 Å². The molecule has 1 saturated heterocycles. The van der Waals surface area contributed by atoms with Gasteiger partial charge in [0.25, 0.3) is 0 Å². The van der Waals surface area contributed by atoms with Crippen molar-refractivity contribution in [3.63, 3.8) is 0 Å². The molecular formula is C21H27NO4. The summed E-state index contributed by atoms with van der Waals surface area (Å²) >= 11 is 0. The van der Waals surface area contributed by atoms with E-state index in [1.165, 1.54) is 0 Å². The molecule has 3 rings (SSSR count). The first-order valence-corrected chi connectivity index (χ1v) is 9.16. The molecule has 0 spiro atoms. The van der Waals surface area contributed by atoms with Gasteiger partial charge in [0, 0.05) is 12.8 Å². The first-order valence-electron chi connectivity index (χ1n) is 9.16. The Labute approximate surface area is 154 Å². The third-order valence-electron chi connectivity index (χ3n) is 5.02. The van der Waals surface area contributed by atoms with Crippen molar-refractivity contribution >= 4 is 0 Å². The van der Waals surface area contributed by atoms with Crippen molar-refractivity contribution in [2.75, 3.05) is 13.1 Å². The molecule has 0 radical (unpaired) electrons.